The van der Waals surface area contributed by atoms with Gasteiger partial charge in [0.15, 0.2) is 11.9 Å². The van der Waals surface area contributed by atoms with Crippen LogP contribution in [-0.2, 0) is 5.33 Å². The largest absolute Gasteiger partial charge is 0.469 e. The molecule has 0 aromatic heterocycles. The molecule has 0 amide bonds. The Hall–Kier alpha value is -1.61. The molecule has 0 aliphatic carbocycles. The molecule has 1 aromatic carbocycles. The van der Waals surface area contributed by atoms with E-state index < -0.39 is 11.0 Å². The molecule has 0 saturated carbocycles. The lowest BCUT2D eigenvalue weighted by molar-refractivity contribution is -0.386. The Labute approximate surface area is 101 Å². The standard InChI is InChI=1S/C10H9BrN2O3/c1-7(6-12)16-10-3-2-8(5-11)4-9(10)13(14)15/h2-4,7H,5H2,1H3. The van der Waals surface area contributed by atoms with E-state index >= 15 is 0 Å². The lowest BCUT2D eigenvalue weighted by Gasteiger charge is -2.08. The van der Waals surface area contributed by atoms with E-state index in [-0.39, 0.29) is 11.4 Å². The average molecular weight is 285 g/mol. The van der Waals surface area contributed by atoms with Crippen LogP contribution in [0.25, 0.3) is 0 Å². The first-order valence-corrected chi connectivity index (χ1v) is 5.60. The van der Waals surface area contributed by atoms with Gasteiger partial charge in [0.1, 0.15) is 6.07 Å². The normalized spacial score (nSPS) is 11.6. The Morgan fingerprint density at radius 1 is 1.69 bits per heavy atom. The lowest BCUT2D eigenvalue weighted by atomic mass is 10.2. The monoisotopic (exact) mass is 284 g/mol. The zero-order valence-corrected chi connectivity index (χ0v) is 10.1. The molecule has 0 aliphatic heterocycles. The first kappa shape index (κ1) is 12.5. The highest BCUT2D eigenvalue weighted by Crippen LogP contribution is 2.29. The summed E-state index contributed by atoms with van der Waals surface area (Å²) in [5.41, 5.74) is 0.655. The van der Waals surface area contributed by atoms with Crippen LogP contribution in [0.3, 0.4) is 0 Å². The molecular weight excluding hydrogens is 276 g/mol. The summed E-state index contributed by atoms with van der Waals surface area (Å²) < 4.78 is 5.14. The van der Waals surface area contributed by atoms with E-state index in [1.54, 1.807) is 6.07 Å². The first-order chi connectivity index (χ1) is 7.58. The third kappa shape index (κ3) is 2.94. The van der Waals surface area contributed by atoms with E-state index in [1.165, 1.54) is 19.1 Å². The summed E-state index contributed by atoms with van der Waals surface area (Å²) in [7, 11) is 0. The van der Waals surface area contributed by atoms with Gasteiger partial charge >= 0.3 is 5.69 Å². The number of hydrogen-bond donors (Lipinski definition) is 0. The lowest BCUT2D eigenvalue weighted by Crippen LogP contribution is -2.09. The van der Waals surface area contributed by atoms with Gasteiger partial charge in [-0.2, -0.15) is 5.26 Å². The Kier molecular flexibility index (Phi) is 4.26. The molecule has 0 N–H and O–H groups in total. The minimum Gasteiger partial charge on any atom is -0.469 e. The second-order valence-corrected chi connectivity index (χ2v) is 3.64. The van der Waals surface area contributed by atoms with Crippen molar-refractivity contribution in [3.63, 3.8) is 0 Å². The molecule has 84 valence electrons. The number of nitro benzene ring substituents is 1. The van der Waals surface area contributed by atoms with Gasteiger partial charge in [0, 0.05) is 11.4 Å². The summed E-state index contributed by atoms with van der Waals surface area (Å²) in [5, 5.41) is 19.9. The topological polar surface area (TPSA) is 76.2 Å². The summed E-state index contributed by atoms with van der Waals surface area (Å²) >= 11 is 3.21. The fourth-order valence-electron chi connectivity index (χ4n) is 1.11. The number of nitrogens with zero attached hydrogens (tertiary/aromatic N) is 2. The van der Waals surface area contributed by atoms with Gasteiger partial charge in [-0.1, -0.05) is 22.0 Å². The second-order valence-electron chi connectivity index (χ2n) is 3.08. The number of nitriles is 1. The molecule has 0 saturated heterocycles. The minimum absolute atomic E-state index is 0.115. The number of alkyl halides is 1. The number of hydrogen-bond acceptors (Lipinski definition) is 4. The molecule has 16 heavy (non-hydrogen) atoms. The van der Waals surface area contributed by atoms with Crippen LogP contribution in [0.5, 0.6) is 5.75 Å². The average Bonchev–Trinajstić information content (AvgIpc) is 2.29. The number of rotatable bonds is 4. The highest BCUT2D eigenvalue weighted by atomic mass is 79.9. The van der Waals surface area contributed by atoms with Gasteiger partial charge in [0.05, 0.1) is 4.92 Å². The zero-order valence-electron chi connectivity index (χ0n) is 8.51. The zero-order chi connectivity index (χ0) is 12.1. The van der Waals surface area contributed by atoms with Crippen molar-refractivity contribution < 1.29 is 9.66 Å². The van der Waals surface area contributed by atoms with Crippen molar-refractivity contribution in [3.8, 4) is 11.8 Å². The summed E-state index contributed by atoms with van der Waals surface area (Å²) in [5.74, 6) is 0.115. The fraction of sp³-hybridized carbons (Fsp3) is 0.300. The number of ether oxygens (including phenoxy) is 1. The molecule has 0 bridgehead atoms. The molecule has 1 unspecified atom stereocenters. The Morgan fingerprint density at radius 3 is 2.88 bits per heavy atom. The maximum absolute atomic E-state index is 10.8. The van der Waals surface area contributed by atoms with Crippen molar-refractivity contribution in [1.29, 1.82) is 5.26 Å². The van der Waals surface area contributed by atoms with Gasteiger partial charge in [-0.3, -0.25) is 10.1 Å². The molecule has 6 heteroatoms. The quantitative estimate of drug-likeness (QED) is 0.484. The molecule has 0 spiro atoms. The van der Waals surface area contributed by atoms with Crippen LogP contribution in [0, 0.1) is 21.4 Å². The Balaban J connectivity index is 3.09. The summed E-state index contributed by atoms with van der Waals surface area (Å²) in [6, 6.07) is 6.49. The van der Waals surface area contributed by atoms with E-state index in [4.69, 9.17) is 10.00 Å². The molecule has 1 atom stereocenters. The van der Waals surface area contributed by atoms with Gasteiger partial charge < -0.3 is 4.74 Å². The maximum atomic E-state index is 10.8. The third-order valence-corrected chi connectivity index (χ3v) is 2.51. The van der Waals surface area contributed by atoms with Crippen molar-refractivity contribution in [3.05, 3.63) is 33.9 Å². The molecule has 0 radical (unpaired) electrons. The van der Waals surface area contributed by atoms with Crippen LogP contribution in [0.2, 0.25) is 0 Å². The van der Waals surface area contributed by atoms with Crippen LogP contribution < -0.4 is 4.74 Å². The van der Waals surface area contributed by atoms with Gasteiger partial charge in [-0.15, -0.1) is 0 Å². The van der Waals surface area contributed by atoms with E-state index in [2.05, 4.69) is 15.9 Å². The maximum Gasteiger partial charge on any atom is 0.311 e. The molecule has 0 heterocycles. The van der Waals surface area contributed by atoms with E-state index in [1.807, 2.05) is 6.07 Å². The predicted octanol–water partition coefficient (Wildman–Crippen LogP) is 2.78. The number of benzene rings is 1. The highest BCUT2D eigenvalue weighted by molar-refractivity contribution is 9.08. The molecular formula is C10H9BrN2O3. The van der Waals surface area contributed by atoms with Crippen LogP contribution in [0.1, 0.15) is 12.5 Å². The van der Waals surface area contributed by atoms with Crippen molar-refractivity contribution in [1.82, 2.24) is 0 Å². The summed E-state index contributed by atoms with van der Waals surface area (Å²) in [6.45, 7) is 1.53. The SMILES string of the molecule is CC(C#N)Oc1ccc(CBr)cc1[N+](=O)[O-]. The molecule has 5 nitrogen and oxygen atoms in total. The fourth-order valence-corrected chi connectivity index (χ4v) is 1.45. The van der Waals surface area contributed by atoms with Gasteiger partial charge in [0.2, 0.25) is 0 Å². The molecule has 0 aliphatic rings. The smallest absolute Gasteiger partial charge is 0.311 e. The van der Waals surface area contributed by atoms with Crippen LogP contribution in [0.15, 0.2) is 18.2 Å². The van der Waals surface area contributed by atoms with Crippen molar-refractivity contribution in [2.75, 3.05) is 0 Å². The molecule has 1 aromatic rings. The molecule has 1 rings (SSSR count). The highest BCUT2D eigenvalue weighted by Gasteiger charge is 2.17. The van der Waals surface area contributed by atoms with E-state index in [9.17, 15) is 10.1 Å². The number of nitro groups is 1. The van der Waals surface area contributed by atoms with Crippen LogP contribution in [-0.4, -0.2) is 11.0 Å². The van der Waals surface area contributed by atoms with Gasteiger partial charge in [0.25, 0.3) is 0 Å². The van der Waals surface area contributed by atoms with Gasteiger partial charge in [-0.05, 0) is 18.6 Å². The van der Waals surface area contributed by atoms with Gasteiger partial charge in [-0.25, -0.2) is 0 Å². The van der Waals surface area contributed by atoms with Crippen molar-refractivity contribution in [2.24, 2.45) is 0 Å². The Bertz CT molecular complexity index is 442. The first-order valence-electron chi connectivity index (χ1n) is 4.48. The minimum atomic E-state index is -0.714. The Morgan fingerprint density at radius 2 is 2.38 bits per heavy atom. The van der Waals surface area contributed by atoms with Crippen LogP contribution >= 0.6 is 15.9 Å². The predicted molar refractivity (Wildman–Crippen MR) is 61.4 cm³/mol. The van der Waals surface area contributed by atoms with Crippen molar-refractivity contribution in [2.45, 2.75) is 18.4 Å². The second kappa shape index (κ2) is 5.47. The third-order valence-electron chi connectivity index (χ3n) is 1.86. The number of halogens is 1. The van der Waals surface area contributed by atoms with Crippen LogP contribution in [0.4, 0.5) is 5.69 Å². The summed E-state index contributed by atoms with van der Waals surface area (Å²) in [4.78, 5) is 10.3. The summed E-state index contributed by atoms with van der Waals surface area (Å²) in [6.07, 6.45) is -0.714. The molecule has 0 fully saturated rings. The van der Waals surface area contributed by atoms with E-state index in [0.717, 1.165) is 5.56 Å². The van der Waals surface area contributed by atoms with E-state index in [0.29, 0.717) is 5.33 Å². The van der Waals surface area contributed by atoms with Crippen molar-refractivity contribution >= 4 is 21.6 Å².